The van der Waals surface area contributed by atoms with Crippen LogP contribution in [0.4, 0.5) is 0 Å². The molecule has 1 nitrogen and oxygen atoms in total. The lowest BCUT2D eigenvalue weighted by atomic mass is 10.0. The van der Waals surface area contributed by atoms with Crippen molar-refractivity contribution in [2.75, 3.05) is 0 Å². The minimum absolute atomic E-state index is 0.272. The molecule has 0 bridgehead atoms. The molecule has 86 valence electrons. The molecule has 0 saturated heterocycles. The van der Waals surface area contributed by atoms with Crippen molar-refractivity contribution in [2.24, 2.45) is 0 Å². The highest BCUT2D eigenvalue weighted by Gasteiger charge is 2.13. The molecule has 0 radical (unpaired) electrons. The maximum atomic E-state index is 6.06. The van der Waals surface area contributed by atoms with Crippen LogP contribution in [0.5, 0.6) is 5.75 Å². The summed E-state index contributed by atoms with van der Waals surface area (Å²) in [6.45, 7) is 4.41. The Morgan fingerprint density at radius 3 is 2.75 bits per heavy atom. The molecule has 1 atom stereocenters. The minimum Gasteiger partial charge on any atom is -0.486 e. The molecular formula is C15H20O. The number of hydrogen-bond acceptors (Lipinski definition) is 1. The molecule has 1 aliphatic carbocycles. The molecule has 1 aromatic carbocycles. The Labute approximate surface area is 98.1 Å². The highest BCUT2D eigenvalue weighted by atomic mass is 16.5. The maximum Gasteiger partial charge on any atom is 0.123 e. The summed E-state index contributed by atoms with van der Waals surface area (Å²) in [7, 11) is 0. The van der Waals surface area contributed by atoms with Crippen LogP contribution < -0.4 is 4.74 Å². The van der Waals surface area contributed by atoms with Gasteiger partial charge in [-0.2, -0.15) is 0 Å². The van der Waals surface area contributed by atoms with E-state index in [2.05, 4.69) is 44.2 Å². The van der Waals surface area contributed by atoms with Gasteiger partial charge in [-0.15, -0.1) is 0 Å². The summed E-state index contributed by atoms with van der Waals surface area (Å²) in [6, 6.07) is 8.37. The van der Waals surface area contributed by atoms with E-state index in [1.54, 1.807) is 0 Å². The lowest BCUT2D eigenvalue weighted by Crippen LogP contribution is -2.16. The molecule has 0 saturated carbocycles. The van der Waals surface area contributed by atoms with Crippen LogP contribution in [0.1, 0.15) is 44.6 Å². The fraction of sp³-hybridized carbons (Fsp3) is 0.467. The van der Waals surface area contributed by atoms with Crippen LogP contribution in [0.25, 0.3) is 0 Å². The van der Waals surface area contributed by atoms with E-state index in [1.807, 2.05) is 6.07 Å². The van der Waals surface area contributed by atoms with Crippen molar-refractivity contribution in [3.8, 4) is 5.75 Å². The van der Waals surface area contributed by atoms with Crippen LogP contribution in [0, 0.1) is 0 Å². The first-order valence-corrected chi connectivity index (χ1v) is 6.19. The molecule has 1 unspecified atom stereocenters. The van der Waals surface area contributed by atoms with E-state index in [1.165, 1.54) is 18.4 Å². The Bertz CT molecular complexity index is 365. The van der Waals surface area contributed by atoms with Gasteiger partial charge >= 0.3 is 0 Å². The third-order valence-electron chi connectivity index (χ3n) is 3.03. The Kier molecular flexibility index (Phi) is 3.66. The summed E-state index contributed by atoms with van der Waals surface area (Å²) in [5, 5.41) is 0. The van der Waals surface area contributed by atoms with Crippen LogP contribution >= 0.6 is 0 Å². The molecular weight excluding hydrogens is 196 g/mol. The number of para-hydroxylation sites is 1. The molecule has 1 aliphatic rings. The second-order valence-electron chi connectivity index (χ2n) is 4.71. The van der Waals surface area contributed by atoms with Crippen molar-refractivity contribution in [1.29, 1.82) is 0 Å². The Balaban J connectivity index is 2.13. The van der Waals surface area contributed by atoms with Crippen LogP contribution in [0.2, 0.25) is 0 Å². The largest absolute Gasteiger partial charge is 0.486 e. The smallest absolute Gasteiger partial charge is 0.123 e. The monoisotopic (exact) mass is 216 g/mol. The molecule has 0 aliphatic heterocycles. The van der Waals surface area contributed by atoms with Gasteiger partial charge in [0.2, 0.25) is 0 Å². The second-order valence-corrected chi connectivity index (χ2v) is 4.71. The SMILES string of the molecule is CC(C)c1ccccc1OC1C=CCCC1. The van der Waals surface area contributed by atoms with Gasteiger partial charge in [0.25, 0.3) is 0 Å². The summed E-state index contributed by atoms with van der Waals surface area (Å²) in [5.74, 6) is 1.57. The molecule has 0 spiro atoms. The first kappa shape index (κ1) is 11.3. The molecule has 2 rings (SSSR count). The van der Waals surface area contributed by atoms with Crippen LogP contribution in [0.15, 0.2) is 36.4 Å². The van der Waals surface area contributed by atoms with Crippen LogP contribution in [0.3, 0.4) is 0 Å². The van der Waals surface area contributed by atoms with Gasteiger partial charge in [0, 0.05) is 0 Å². The van der Waals surface area contributed by atoms with E-state index in [0.717, 1.165) is 12.2 Å². The molecule has 0 aromatic heterocycles. The summed E-state index contributed by atoms with van der Waals surface area (Å²) in [5.41, 5.74) is 1.31. The number of hydrogen-bond donors (Lipinski definition) is 0. The summed E-state index contributed by atoms with van der Waals surface area (Å²) < 4.78 is 6.06. The minimum atomic E-state index is 0.272. The van der Waals surface area contributed by atoms with Crippen molar-refractivity contribution in [1.82, 2.24) is 0 Å². The Hall–Kier alpha value is -1.24. The van der Waals surface area contributed by atoms with Gasteiger partial charge in [-0.25, -0.2) is 0 Å². The lowest BCUT2D eigenvalue weighted by molar-refractivity contribution is 0.227. The van der Waals surface area contributed by atoms with Gasteiger partial charge < -0.3 is 4.74 Å². The van der Waals surface area contributed by atoms with E-state index in [-0.39, 0.29) is 6.10 Å². The predicted molar refractivity (Wildman–Crippen MR) is 67.9 cm³/mol. The lowest BCUT2D eigenvalue weighted by Gasteiger charge is -2.21. The molecule has 1 aromatic rings. The summed E-state index contributed by atoms with van der Waals surface area (Å²) in [4.78, 5) is 0. The molecule has 0 N–H and O–H groups in total. The molecule has 0 amide bonds. The second kappa shape index (κ2) is 5.20. The predicted octanol–water partition coefficient (Wildman–Crippen LogP) is 4.30. The van der Waals surface area contributed by atoms with Gasteiger partial charge in [-0.05, 0) is 42.9 Å². The zero-order chi connectivity index (χ0) is 11.4. The van der Waals surface area contributed by atoms with E-state index in [4.69, 9.17) is 4.74 Å². The highest BCUT2D eigenvalue weighted by molar-refractivity contribution is 5.36. The third-order valence-corrected chi connectivity index (χ3v) is 3.03. The number of ether oxygens (including phenoxy) is 1. The zero-order valence-electron chi connectivity index (χ0n) is 10.1. The van der Waals surface area contributed by atoms with E-state index < -0.39 is 0 Å². The Morgan fingerprint density at radius 2 is 2.06 bits per heavy atom. The average Bonchev–Trinajstić information content (AvgIpc) is 2.31. The van der Waals surface area contributed by atoms with Crippen molar-refractivity contribution in [3.05, 3.63) is 42.0 Å². The third kappa shape index (κ3) is 2.66. The van der Waals surface area contributed by atoms with Gasteiger partial charge in [-0.1, -0.05) is 38.1 Å². The number of rotatable bonds is 3. The van der Waals surface area contributed by atoms with Crippen molar-refractivity contribution in [3.63, 3.8) is 0 Å². The quantitative estimate of drug-likeness (QED) is 0.684. The average molecular weight is 216 g/mol. The van der Waals surface area contributed by atoms with E-state index in [9.17, 15) is 0 Å². The zero-order valence-corrected chi connectivity index (χ0v) is 10.1. The van der Waals surface area contributed by atoms with Crippen molar-refractivity contribution in [2.45, 2.75) is 45.1 Å². The summed E-state index contributed by atoms with van der Waals surface area (Å²) in [6.07, 6.45) is 8.28. The van der Waals surface area contributed by atoms with Crippen molar-refractivity contribution < 1.29 is 4.74 Å². The fourth-order valence-corrected chi connectivity index (χ4v) is 2.11. The van der Waals surface area contributed by atoms with E-state index in [0.29, 0.717) is 5.92 Å². The van der Waals surface area contributed by atoms with Gasteiger partial charge in [0.05, 0.1) is 0 Å². The van der Waals surface area contributed by atoms with Crippen LogP contribution in [-0.4, -0.2) is 6.10 Å². The number of benzene rings is 1. The topological polar surface area (TPSA) is 9.23 Å². The molecule has 0 heterocycles. The maximum absolute atomic E-state index is 6.06. The Morgan fingerprint density at radius 1 is 1.25 bits per heavy atom. The first-order valence-electron chi connectivity index (χ1n) is 6.19. The van der Waals surface area contributed by atoms with Crippen LogP contribution in [-0.2, 0) is 0 Å². The summed E-state index contributed by atoms with van der Waals surface area (Å²) >= 11 is 0. The number of allylic oxidation sites excluding steroid dienone is 1. The molecule has 1 heteroatoms. The standard InChI is InChI=1S/C15H20O/c1-12(2)14-10-6-7-11-15(14)16-13-8-4-3-5-9-13/h4,6-8,10-13H,3,5,9H2,1-2H3. The van der Waals surface area contributed by atoms with E-state index >= 15 is 0 Å². The molecule has 16 heavy (non-hydrogen) atoms. The fourth-order valence-electron chi connectivity index (χ4n) is 2.11. The van der Waals surface area contributed by atoms with Gasteiger partial charge in [0.15, 0.2) is 0 Å². The van der Waals surface area contributed by atoms with Gasteiger partial charge in [-0.3, -0.25) is 0 Å². The first-order chi connectivity index (χ1) is 7.77. The van der Waals surface area contributed by atoms with Gasteiger partial charge in [0.1, 0.15) is 11.9 Å². The highest BCUT2D eigenvalue weighted by Crippen LogP contribution is 2.28. The normalized spacial score (nSPS) is 20.1. The molecule has 0 fully saturated rings. The van der Waals surface area contributed by atoms with Crippen molar-refractivity contribution >= 4 is 0 Å².